The Balaban J connectivity index is 1.65. The molecule has 3 saturated carbocycles. The van der Waals surface area contributed by atoms with Gasteiger partial charge in [0, 0.05) is 0 Å². The Morgan fingerprint density at radius 3 is 1.43 bits per heavy atom. The fourth-order valence-electron chi connectivity index (χ4n) is 5.30. The van der Waals surface area contributed by atoms with Crippen molar-refractivity contribution in [2.75, 3.05) is 0 Å². The summed E-state index contributed by atoms with van der Waals surface area (Å²) in [6, 6.07) is 0. The summed E-state index contributed by atoms with van der Waals surface area (Å²) in [6.45, 7) is 2.41. The summed E-state index contributed by atoms with van der Waals surface area (Å²) in [4.78, 5) is 0. The molecule has 0 saturated heterocycles. The molecule has 0 aromatic heterocycles. The summed E-state index contributed by atoms with van der Waals surface area (Å²) in [5, 5.41) is 3.43. The minimum absolute atomic E-state index is 0.799. The lowest BCUT2D eigenvalue weighted by Crippen LogP contribution is -2.44. The van der Waals surface area contributed by atoms with Crippen molar-refractivity contribution in [3.8, 4) is 0 Å². The monoisotopic (exact) mass is 309 g/mol. The third-order valence-corrected chi connectivity index (χ3v) is 10.4. The third-order valence-electron chi connectivity index (χ3n) is 6.63. The van der Waals surface area contributed by atoms with Crippen molar-refractivity contribution in [2.24, 2.45) is 5.92 Å². The van der Waals surface area contributed by atoms with Crippen LogP contribution >= 0.6 is 0 Å². The van der Waals surface area contributed by atoms with Crippen LogP contribution in [0.3, 0.4) is 0 Å². The molecule has 0 radical (unpaired) electrons. The molecule has 0 aromatic rings. The van der Waals surface area contributed by atoms with Gasteiger partial charge in [-0.2, -0.15) is 0 Å². The molecule has 0 atom stereocenters. The Hall–Kier alpha value is 0.350. The lowest BCUT2D eigenvalue weighted by Gasteiger charge is -2.37. The quantitative estimate of drug-likeness (QED) is 0.539. The molecule has 3 rings (SSSR count). The van der Waals surface area contributed by atoms with Crippen molar-refractivity contribution in [1.29, 1.82) is 0 Å². The Bertz CT molecular complexity index is 262. The summed E-state index contributed by atoms with van der Waals surface area (Å²) in [5.41, 5.74) is 0. The molecule has 0 nitrogen and oxygen atoms in total. The van der Waals surface area contributed by atoms with E-state index < -0.39 is 0 Å². The molecule has 0 heterocycles. The lowest BCUT2D eigenvalue weighted by atomic mass is 9.87. The van der Waals surface area contributed by atoms with Crippen LogP contribution in [0, 0.1) is 5.92 Å². The zero-order valence-electron chi connectivity index (χ0n) is 14.3. The van der Waals surface area contributed by atoms with E-state index in [4.69, 9.17) is 0 Å². The van der Waals surface area contributed by atoms with Crippen LogP contribution in [0.4, 0.5) is 0 Å². The first-order valence-corrected chi connectivity index (χ1v) is 11.5. The van der Waals surface area contributed by atoms with Crippen LogP contribution in [0.1, 0.15) is 103 Å². The van der Waals surface area contributed by atoms with Crippen LogP contribution in [0.15, 0.2) is 0 Å². The molecule has 3 aliphatic carbocycles. The largest absolute Gasteiger partial charge is 0.118 e. The fraction of sp³-hybridized carbons (Fsp3) is 1.00. The Kier molecular flexibility index (Phi) is 6.39. The Labute approximate surface area is 136 Å². The highest BCUT2D eigenvalue weighted by atomic mass is 32.2. The Morgan fingerprint density at radius 1 is 0.571 bits per heavy atom. The second-order valence-electron chi connectivity index (χ2n) is 7.98. The van der Waals surface area contributed by atoms with E-state index in [1.807, 2.05) is 0 Å². The highest BCUT2D eigenvalue weighted by Crippen LogP contribution is 2.41. The maximum absolute atomic E-state index is 2.41. The second kappa shape index (κ2) is 8.27. The van der Waals surface area contributed by atoms with E-state index in [2.05, 4.69) is 6.92 Å². The van der Waals surface area contributed by atoms with E-state index in [0.717, 1.165) is 32.6 Å². The van der Waals surface area contributed by atoms with Gasteiger partial charge in [-0.3, -0.25) is 0 Å². The summed E-state index contributed by atoms with van der Waals surface area (Å²) >= 11 is 0. The molecule has 3 fully saturated rings. The number of rotatable bonds is 4. The van der Waals surface area contributed by atoms with Crippen LogP contribution < -0.4 is 0 Å². The Morgan fingerprint density at radius 2 is 1.00 bits per heavy atom. The smallest absolute Gasteiger partial charge is 0.0651 e. The molecule has 0 aromatic carbocycles. The first-order chi connectivity index (χ1) is 10.4. The van der Waals surface area contributed by atoms with Gasteiger partial charge in [-0.15, -0.1) is 0 Å². The maximum atomic E-state index is 2.41. The number of hydrogen-bond donors (Lipinski definition) is 0. The summed E-state index contributed by atoms with van der Waals surface area (Å²) < 4.78 is 0. The predicted octanol–water partition coefficient (Wildman–Crippen LogP) is 6.24. The normalized spacial score (nSPS) is 33.4. The standard InChI is InChI=1S/C20H37S/c1-2-17-13-15-20(16-14-17)21(18-9-5-3-6-10-18)19-11-7-4-8-12-19/h17-20H,2-16H2,1H3/q+1. The van der Waals surface area contributed by atoms with E-state index in [1.54, 1.807) is 77.0 Å². The first-order valence-electron chi connectivity index (χ1n) is 10.1. The molecular weight excluding hydrogens is 272 g/mol. The molecule has 3 aliphatic rings. The van der Waals surface area contributed by atoms with Crippen LogP contribution in [-0.4, -0.2) is 15.7 Å². The molecule has 0 N–H and O–H groups in total. The van der Waals surface area contributed by atoms with Crippen LogP contribution in [0.5, 0.6) is 0 Å². The minimum atomic E-state index is 0.799. The van der Waals surface area contributed by atoms with Crippen LogP contribution in [0.25, 0.3) is 0 Å². The summed E-state index contributed by atoms with van der Waals surface area (Å²) in [5.74, 6) is 1.07. The van der Waals surface area contributed by atoms with Crippen LogP contribution in [-0.2, 0) is 10.9 Å². The van der Waals surface area contributed by atoms with Crippen molar-refractivity contribution in [3.05, 3.63) is 0 Å². The first kappa shape index (κ1) is 16.2. The minimum Gasteiger partial charge on any atom is -0.0651 e. The molecule has 0 amide bonds. The van der Waals surface area contributed by atoms with E-state index in [0.29, 0.717) is 0 Å². The molecule has 0 aliphatic heterocycles. The van der Waals surface area contributed by atoms with Crippen LogP contribution in [0.2, 0.25) is 0 Å². The summed E-state index contributed by atoms with van der Waals surface area (Å²) in [6.07, 6.45) is 23.3. The van der Waals surface area contributed by atoms with Gasteiger partial charge < -0.3 is 0 Å². The van der Waals surface area contributed by atoms with Gasteiger partial charge in [-0.1, -0.05) is 26.2 Å². The van der Waals surface area contributed by atoms with Crippen molar-refractivity contribution in [2.45, 2.75) is 119 Å². The van der Waals surface area contributed by atoms with Gasteiger partial charge in [0.05, 0.1) is 0 Å². The van der Waals surface area contributed by atoms with Gasteiger partial charge in [0.25, 0.3) is 0 Å². The zero-order valence-corrected chi connectivity index (χ0v) is 15.1. The van der Waals surface area contributed by atoms with Gasteiger partial charge in [-0.25, -0.2) is 0 Å². The molecule has 0 unspecified atom stereocenters. The fourth-order valence-corrected chi connectivity index (χ4v) is 9.51. The van der Waals surface area contributed by atoms with Crippen molar-refractivity contribution < 1.29 is 0 Å². The van der Waals surface area contributed by atoms with Crippen molar-refractivity contribution in [3.63, 3.8) is 0 Å². The second-order valence-corrected chi connectivity index (χ2v) is 10.8. The van der Waals surface area contributed by atoms with E-state index in [1.165, 1.54) is 19.3 Å². The molecule has 21 heavy (non-hydrogen) atoms. The van der Waals surface area contributed by atoms with Crippen molar-refractivity contribution in [1.82, 2.24) is 0 Å². The van der Waals surface area contributed by atoms with Gasteiger partial charge in [0.2, 0.25) is 0 Å². The van der Waals surface area contributed by atoms with Gasteiger partial charge >= 0.3 is 0 Å². The van der Waals surface area contributed by atoms with E-state index >= 15 is 0 Å². The van der Waals surface area contributed by atoms with Crippen molar-refractivity contribution >= 4 is 10.9 Å². The maximum Gasteiger partial charge on any atom is 0.118 e. The highest BCUT2D eigenvalue weighted by molar-refractivity contribution is 7.98. The van der Waals surface area contributed by atoms with E-state index in [9.17, 15) is 0 Å². The molecule has 0 bridgehead atoms. The topological polar surface area (TPSA) is 0 Å². The molecular formula is C20H37S+. The zero-order chi connectivity index (χ0) is 14.5. The highest BCUT2D eigenvalue weighted by Gasteiger charge is 2.45. The third kappa shape index (κ3) is 4.21. The average Bonchev–Trinajstić information content (AvgIpc) is 2.58. The number of hydrogen-bond acceptors (Lipinski definition) is 0. The lowest BCUT2D eigenvalue weighted by molar-refractivity contribution is 0.351. The van der Waals surface area contributed by atoms with E-state index in [-0.39, 0.29) is 0 Å². The van der Waals surface area contributed by atoms with Gasteiger partial charge in [-0.05, 0) is 93.9 Å². The SMILES string of the molecule is CCC1CCC([S+](C2CCCCC2)C2CCCCC2)CC1. The van der Waals surface area contributed by atoms with Gasteiger partial charge in [0.1, 0.15) is 15.7 Å². The average molecular weight is 310 g/mol. The molecule has 0 spiro atoms. The van der Waals surface area contributed by atoms with Gasteiger partial charge in [0.15, 0.2) is 0 Å². The molecule has 122 valence electrons. The summed E-state index contributed by atoms with van der Waals surface area (Å²) in [7, 11) is 0.799. The predicted molar refractivity (Wildman–Crippen MR) is 97.1 cm³/mol. The molecule has 1 heteroatoms.